The molecule has 0 saturated heterocycles. The van der Waals surface area contributed by atoms with Gasteiger partial charge in [-0.05, 0) is 91.8 Å². The number of aliphatic hydroxyl groups is 2. The summed E-state index contributed by atoms with van der Waals surface area (Å²) in [4.78, 5) is 81.8. The van der Waals surface area contributed by atoms with E-state index in [0.717, 1.165) is 27.2 Å². The lowest BCUT2D eigenvalue weighted by Crippen LogP contribution is -2.45. The molecule has 8 N–H and O–H groups in total. The predicted octanol–water partition coefficient (Wildman–Crippen LogP) is 4.86. The fourth-order valence-corrected chi connectivity index (χ4v) is 10.7. The van der Waals surface area contributed by atoms with Crippen LogP contribution in [0.4, 0.5) is 8.78 Å². The van der Waals surface area contributed by atoms with Crippen molar-refractivity contribution in [2.45, 2.75) is 104 Å². The first-order valence-electron chi connectivity index (χ1n) is 23.8. The number of nitrogens with two attached hydrogens (primary N) is 1. The maximum Gasteiger partial charge on any atom is 0.333 e. The molecule has 30 heteroatoms. The number of hydrogen-bond acceptors (Lipinski definition) is 19. The van der Waals surface area contributed by atoms with E-state index in [4.69, 9.17) is 24.7 Å². The van der Waals surface area contributed by atoms with Gasteiger partial charge in [-0.3, -0.25) is 23.5 Å². The number of fused-ring (bicyclic) bond motifs is 2. The molecule has 6 aromatic heterocycles. The van der Waals surface area contributed by atoms with Crippen LogP contribution < -0.4 is 43.9 Å². The zero-order valence-electron chi connectivity index (χ0n) is 45.1. The van der Waals surface area contributed by atoms with E-state index in [0.29, 0.717) is 31.4 Å². The Hall–Kier alpha value is -7.51. The molecule has 0 radical (unpaired) electrons. The topological polar surface area (TPSA) is 342 Å². The number of benzene rings is 2. The van der Waals surface area contributed by atoms with E-state index in [1.807, 2.05) is 0 Å². The second-order valence-corrected chi connectivity index (χ2v) is 21.2. The van der Waals surface area contributed by atoms with E-state index < -0.39 is 81.5 Å². The van der Waals surface area contributed by atoms with Gasteiger partial charge in [0.1, 0.15) is 67.1 Å². The molecule has 8 rings (SSSR count). The molecule has 0 unspecified atom stereocenters. The minimum Gasteiger partial charge on any atom is -0.496 e. The normalized spacial score (nSPS) is 13.2. The van der Waals surface area contributed by atoms with E-state index >= 15 is 0 Å². The molecular formula is C50H61ClF2N12O13S2. The molecule has 0 aliphatic heterocycles. The third-order valence-corrected chi connectivity index (χ3v) is 14.8. The minimum absolute atomic E-state index is 0. The van der Waals surface area contributed by atoms with Gasteiger partial charge in [0.05, 0.1) is 87.3 Å². The first-order chi connectivity index (χ1) is 36.7. The van der Waals surface area contributed by atoms with Crippen LogP contribution in [0.3, 0.4) is 0 Å². The van der Waals surface area contributed by atoms with Crippen LogP contribution in [0.15, 0.2) is 80.4 Å². The molecule has 2 aromatic carbocycles. The summed E-state index contributed by atoms with van der Waals surface area (Å²) < 4.78 is 55.5. The molecular weight excluding hydrogens is 1110 g/mol. The van der Waals surface area contributed by atoms with Crippen molar-refractivity contribution in [3.05, 3.63) is 137 Å². The van der Waals surface area contributed by atoms with Crippen LogP contribution in [0.5, 0.6) is 11.5 Å². The fraction of sp³-hybridized carbons (Fsp3) is 0.400. The van der Waals surface area contributed by atoms with Crippen LogP contribution in [-0.2, 0) is 32.2 Å². The van der Waals surface area contributed by atoms with E-state index in [2.05, 4.69) is 20.4 Å². The Morgan fingerprint density at radius 1 is 0.662 bits per heavy atom. The highest BCUT2D eigenvalue weighted by molar-refractivity contribution is 7.21. The monoisotopic (exact) mass is 1170 g/mol. The zero-order valence-corrected chi connectivity index (χ0v) is 47.5. The van der Waals surface area contributed by atoms with E-state index in [1.54, 1.807) is 13.8 Å². The number of nitrogens with zero attached hydrogens (tertiary/aromatic N) is 10. The van der Waals surface area contributed by atoms with Gasteiger partial charge in [-0.1, -0.05) is 22.7 Å². The van der Waals surface area contributed by atoms with Gasteiger partial charge in [-0.15, -0.1) is 22.0 Å². The van der Waals surface area contributed by atoms with Crippen molar-refractivity contribution in [1.29, 1.82) is 0 Å². The number of primary amides is 1. The van der Waals surface area contributed by atoms with Crippen molar-refractivity contribution < 1.29 is 52.6 Å². The van der Waals surface area contributed by atoms with Crippen molar-refractivity contribution in [1.82, 2.24) is 54.4 Å². The molecule has 0 aliphatic rings. The Bertz CT molecular complexity index is 3530. The average molecular weight is 1180 g/mol. The fourth-order valence-electron chi connectivity index (χ4n) is 8.31. The van der Waals surface area contributed by atoms with Crippen LogP contribution in [-0.4, -0.2) is 114 Å². The van der Waals surface area contributed by atoms with Gasteiger partial charge in [-0.2, -0.15) is 20.4 Å². The number of aryl methyl sites for hydroxylation is 2. The average Bonchev–Trinajstić information content (AvgIpc) is 4.21. The van der Waals surface area contributed by atoms with Gasteiger partial charge in [0.2, 0.25) is 5.91 Å². The third-order valence-electron chi connectivity index (χ3n) is 12.2. The molecule has 0 spiro atoms. The number of rotatable bonds is 20. The van der Waals surface area contributed by atoms with Crippen molar-refractivity contribution in [2.24, 2.45) is 5.73 Å². The second-order valence-electron chi connectivity index (χ2n) is 19.3. The highest BCUT2D eigenvalue weighted by Crippen LogP contribution is 2.37. The van der Waals surface area contributed by atoms with Crippen LogP contribution in [0.25, 0.3) is 30.4 Å². The Balaban J connectivity index is 0.000000287. The van der Waals surface area contributed by atoms with Crippen molar-refractivity contribution in [3.63, 3.8) is 0 Å². The van der Waals surface area contributed by atoms with E-state index in [-0.39, 0.29) is 82.2 Å². The van der Waals surface area contributed by atoms with Gasteiger partial charge in [-0.25, -0.2) is 32.3 Å². The van der Waals surface area contributed by atoms with Crippen molar-refractivity contribution in [2.75, 3.05) is 27.4 Å². The van der Waals surface area contributed by atoms with Crippen molar-refractivity contribution >= 4 is 67.4 Å². The molecule has 0 bridgehead atoms. The summed E-state index contributed by atoms with van der Waals surface area (Å²) in [6.45, 7) is 11.2. The predicted molar refractivity (Wildman–Crippen MR) is 294 cm³/mol. The molecule has 1 amide bonds. The number of aromatic nitrogens is 10. The number of carboxylic acids is 1. The van der Waals surface area contributed by atoms with Crippen LogP contribution >= 0.6 is 35.1 Å². The molecule has 80 heavy (non-hydrogen) atoms. The largest absolute Gasteiger partial charge is 0.496 e. The highest BCUT2D eigenvalue weighted by Gasteiger charge is 2.32. The molecule has 6 heterocycles. The lowest BCUT2D eigenvalue weighted by Gasteiger charge is -2.26. The maximum atomic E-state index is 14.4. The Labute approximate surface area is 467 Å². The summed E-state index contributed by atoms with van der Waals surface area (Å²) in [5.41, 5.74) is 1.28. The third kappa shape index (κ3) is 13.2. The molecule has 4 atom stereocenters. The number of thiophene rings is 2. The Morgan fingerprint density at radius 2 is 1.01 bits per heavy atom. The summed E-state index contributed by atoms with van der Waals surface area (Å²) in [5, 5.41) is 48.1. The number of aliphatic carboxylic acids is 1. The van der Waals surface area contributed by atoms with E-state index in [9.17, 15) is 52.9 Å². The number of ether oxygens (including phenoxy) is 4. The number of methoxy groups -OCH3 is 2. The highest BCUT2D eigenvalue weighted by atomic mass is 35.5. The Kier molecular flexibility index (Phi) is 20.0. The lowest BCUT2D eigenvalue weighted by molar-refractivity contribution is -0.140. The molecule has 432 valence electrons. The zero-order chi connectivity index (χ0) is 57.3. The summed E-state index contributed by atoms with van der Waals surface area (Å²) in [5.74, 6) is -2.82. The Morgan fingerprint density at radius 3 is 1.32 bits per heavy atom. The molecule has 8 aromatic rings. The second kappa shape index (κ2) is 25.3. The van der Waals surface area contributed by atoms with Gasteiger partial charge in [0.15, 0.2) is 0 Å². The van der Waals surface area contributed by atoms with Gasteiger partial charge in [0.25, 0.3) is 11.1 Å². The lowest BCUT2D eigenvalue weighted by atomic mass is 10.1. The molecule has 0 aliphatic carbocycles. The smallest absolute Gasteiger partial charge is 0.333 e. The van der Waals surface area contributed by atoms with E-state index in [1.165, 1.54) is 136 Å². The summed E-state index contributed by atoms with van der Waals surface area (Å²) >= 11 is 2.17. The number of carboxylic acid groups (broad SMARTS) is 1. The summed E-state index contributed by atoms with van der Waals surface area (Å²) in [6.07, 6.45) is 3.81. The number of carbonyl (C=O) groups is 2. The number of hydrogen-bond donors (Lipinski definition) is 5. The van der Waals surface area contributed by atoms with Crippen LogP contribution in [0, 0.1) is 25.5 Å². The number of carbonyl (C=O) groups excluding carboxylic acids is 1. The first kappa shape index (κ1) is 63.3. The molecule has 0 saturated carbocycles. The first-order valence-corrected chi connectivity index (χ1v) is 25.5. The number of halogens is 3. The van der Waals surface area contributed by atoms with Gasteiger partial charge < -0.3 is 46.2 Å². The van der Waals surface area contributed by atoms with Crippen molar-refractivity contribution in [3.8, 4) is 21.5 Å². The SMILES string of the molecule is COc1ccc(F)cc1[C@H](Cn1c(=O)n([C@H](C)C(=O)O)c(=O)c2c(C)c(-n3nccn3)sc21)OCC(C)(C)O.COc1ccc(F)cc1[C@H](Cn1c(=O)n([C@H](C)C(N)=O)c(=O)c2c(C)c(-n3nccn3)sc21)OCC(C)(C)O.Cl.N. The number of amides is 1. The van der Waals surface area contributed by atoms with Crippen LogP contribution in [0.2, 0.25) is 0 Å². The summed E-state index contributed by atoms with van der Waals surface area (Å²) in [6, 6.07) is 4.95. The quantitative estimate of drug-likeness (QED) is 0.0680. The molecule has 25 nitrogen and oxygen atoms in total. The van der Waals surface area contributed by atoms with Gasteiger partial charge in [0, 0.05) is 22.3 Å². The summed E-state index contributed by atoms with van der Waals surface area (Å²) in [7, 11) is 2.81. The van der Waals surface area contributed by atoms with Crippen LogP contribution in [0.1, 0.15) is 88.1 Å². The maximum absolute atomic E-state index is 14.4. The standard InChI is InChI=1S/C25H29FN6O6S.C25H28FN5O7S.ClH.H3N/c1-13-19-21(34)31(14(2)20(27)33)24(35)30(23(19)39-22(13)32-28-8-9-29-32)11-18(38-12-25(3,4)36)16-10-15(26)6-7-17(16)37-5;1-13-19-20(32)30(14(2)23(33)34)24(35)29(22(19)39-21(13)31-27-8-9-28-31)11-18(38-12-25(3,4)36)16-10-15(26)6-7-17(16)37-5;;/h6-10,14,18,36H,11-12H2,1-5H3,(H2,27,33);6-10,14,18,36H,11-12H2,1-5H3,(H,33,34);1H;1H3/t2*14-,18+;;/m11../s1. The van der Waals surface area contributed by atoms with Gasteiger partial charge >= 0.3 is 17.3 Å². The molecule has 0 fully saturated rings. The minimum atomic E-state index is -1.48.